The van der Waals surface area contributed by atoms with Gasteiger partial charge in [0.05, 0.1) is 17.2 Å². The van der Waals surface area contributed by atoms with Crippen LogP contribution in [0.25, 0.3) is 0 Å². The Labute approximate surface area is 187 Å². The number of benzene rings is 3. The average molecular weight is 457 g/mol. The first-order valence-electron chi connectivity index (χ1n) is 10.1. The molecule has 0 saturated heterocycles. The molecule has 0 atom stereocenters. The van der Waals surface area contributed by atoms with Gasteiger partial charge in [0, 0.05) is 5.69 Å². The Bertz CT molecular complexity index is 1190. The molecule has 3 aromatic rings. The van der Waals surface area contributed by atoms with Crippen molar-refractivity contribution in [1.29, 1.82) is 0 Å². The first kappa shape index (κ1) is 23.3. The minimum Gasteiger partial charge on any atom is -0.494 e. The summed E-state index contributed by atoms with van der Waals surface area (Å²) in [4.78, 5) is 12.8. The van der Waals surface area contributed by atoms with E-state index in [9.17, 15) is 17.6 Å². The van der Waals surface area contributed by atoms with Crippen molar-refractivity contribution in [3.05, 3.63) is 83.7 Å². The second-order valence-electron chi connectivity index (χ2n) is 7.19. The Morgan fingerprint density at radius 2 is 1.66 bits per heavy atom. The number of amides is 1. The molecule has 8 heteroatoms. The summed E-state index contributed by atoms with van der Waals surface area (Å²) in [6.45, 7) is 5.60. The highest BCUT2D eigenvalue weighted by molar-refractivity contribution is 7.92. The molecule has 0 aliphatic carbocycles. The van der Waals surface area contributed by atoms with E-state index in [1.54, 1.807) is 18.2 Å². The third-order valence-corrected chi connectivity index (χ3v) is 6.79. The van der Waals surface area contributed by atoms with E-state index in [4.69, 9.17) is 4.74 Å². The standard InChI is InChI=1S/C24H25FN2O4S/c1-4-31-21-12-14-22(15-13-21)32(29,30)27(20-10-8-19(25)9-11-20)16-24(28)26-23-7-5-6-17(2)18(23)3/h5-15H,4,16H2,1-3H3,(H,26,28). The van der Waals surface area contributed by atoms with E-state index < -0.39 is 28.3 Å². The second kappa shape index (κ2) is 9.82. The molecule has 32 heavy (non-hydrogen) atoms. The zero-order chi connectivity index (χ0) is 23.3. The molecule has 3 aromatic carbocycles. The number of carbonyl (C=O) groups excluding carboxylic acids is 1. The van der Waals surface area contributed by atoms with Gasteiger partial charge in [0.1, 0.15) is 18.1 Å². The molecule has 1 amide bonds. The van der Waals surface area contributed by atoms with Crippen LogP contribution in [-0.2, 0) is 14.8 Å². The van der Waals surface area contributed by atoms with Crippen LogP contribution in [0.3, 0.4) is 0 Å². The van der Waals surface area contributed by atoms with Crippen LogP contribution in [0.4, 0.5) is 15.8 Å². The molecule has 0 radical (unpaired) electrons. The molecule has 0 bridgehead atoms. The maximum Gasteiger partial charge on any atom is 0.264 e. The van der Waals surface area contributed by atoms with Crippen molar-refractivity contribution in [3.63, 3.8) is 0 Å². The summed E-state index contributed by atoms with van der Waals surface area (Å²) in [7, 11) is -4.11. The second-order valence-corrected chi connectivity index (χ2v) is 9.05. The maximum atomic E-state index is 13.5. The van der Waals surface area contributed by atoms with Gasteiger partial charge in [-0.1, -0.05) is 12.1 Å². The number of nitrogens with one attached hydrogen (secondary N) is 1. The molecule has 0 spiro atoms. The Hall–Kier alpha value is -3.39. The molecule has 6 nitrogen and oxygen atoms in total. The summed E-state index contributed by atoms with van der Waals surface area (Å²) in [5.74, 6) is -0.489. The molecule has 1 N–H and O–H groups in total. The predicted molar refractivity (Wildman–Crippen MR) is 123 cm³/mol. The van der Waals surface area contributed by atoms with Gasteiger partial charge < -0.3 is 10.1 Å². The smallest absolute Gasteiger partial charge is 0.264 e. The van der Waals surface area contributed by atoms with Crippen LogP contribution in [-0.4, -0.2) is 27.5 Å². The number of nitrogens with zero attached hydrogens (tertiary/aromatic N) is 1. The quantitative estimate of drug-likeness (QED) is 0.534. The van der Waals surface area contributed by atoms with Gasteiger partial charge in [-0.3, -0.25) is 9.10 Å². The molecular formula is C24H25FN2O4S. The highest BCUT2D eigenvalue weighted by Gasteiger charge is 2.27. The van der Waals surface area contributed by atoms with Crippen molar-refractivity contribution in [1.82, 2.24) is 0 Å². The number of carbonyl (C=O) groups is 1. The molecule has 0 saturated carbocycles. The number of rotatable bonds is 8. The summed E-state index contributed by atoms with van der Waals surface area (Å²) >= 11 is 0. The molecule has 0 aliphatic heterocycles. The lowest BCUT2D eigenvalue weighted by molar-refractivity contribution is -0.114. The SMILES string of the molecule is CCOc1ccc(S(=O)(=O)N(CC(=O)Nc2cccc(C)c2C)c2ccc(F)cc2)cc1. The summed E-state index contributed by atoms with van der Waals surface area (Å²) in [6.07, 6.45) is 0. The minimum absolute atomic E-state index is 0.00943. The van der Waals surface area contributed by atoms with Crippen LogP contribution in [0.15, 0.2) is 71.6 Å². The maximum absolute atomic E-state index is 13.5. The fourth-order valence-electron chi connectivity index (χ4n) is 3.13. The van der Waals surface area contributed by atoms with E-state index in [1.807, 2.05) is 32.9 Å². The van der Waals surface area contributed by atoms with Crippen molar-refractivity contribution in [2.45, 2.75) is 25.7 Å². The van der Waals surface area contributed by atoms with Gasteiger partial charge in [-0.05, 0) is 86.5 Å². The zero-order valence-corrected chi connectivity index (χ0v) is 18.9. The van der Waals surface area contributed by atoms with Crippen molar-refractivity contribution in [2.24, 2.45) is 0 Å². The Morgan fingerprint density at radius 1 is 1.00 bits per heavy atom. The van der Waals surface area contributed by atoms with E-state index in [2.05, 4.69) is 5.32 Å². The lowest BCUT2D eigenvalue weighted by atomic mass is 10.1. The highest BCUT2D eigenvalue weighted by Crippen LogP contribution is 2.26. The van der Waals surface area contributed by atoms with Gasteiger partial charge in [-0.25, -0.2) is 12.8 Å². The van der Waals surface area contributed by atoms with Crippen LogP contribution < -0.4 is 14.4 Å². The lowest BCUT2D eigenvalue weighted by Gasteiger charge is -2.24. The van der Waals surface area contributed by atoms with Crippen LogP contribution >= 0.6 is 0 Å². The van der Waals surface area contributed by atoms with Crippen LogP contribution in [0.1, 0.15) is 18.1 Å². The lowest BCUT2D eigenvalue weighted by Crippen LogP contribution is -2.38. The van der Waals surface area contributed by atoms with Gasteiger partial charge in [-0.15, -0.1) is 0 Å². The summed E-state index contributed by atoms with van der Waals surface area (Å²) in [6, 6.07) is 16.4. The summed E-state index contributed by atoms with van der Waals surface area (Å²) < 4.78 is 46.6. The third kappa shape index (κ3) is 5.26. The van der Waals surface area contributed by atoms with Crippen LogP contribution in [0.5, 0.6) is 5.75 Å². The zero-order valence-electron chi connectivity index (χ0n) is 18.1. The highest BCUT2D eigenvalue weighted by atomic mass is 32.2. The topological polar surface area (TPSA) is 75.7 Å². The average Bonchev–Trinajstić information content (AvgIpc) is 2.76. The van der Waals surface area contributed by atoms with Crippen molar-refractivity contribution < 1.29 is 22.3 Å². The Morgan fingerprint density at radius 3 is 2.28 bits per heavy atom. The predicted octanol–water partition coefficient (Wildman–Crippen LogP) is 4.68. The van der Waals surface area contributed by atoms with Crippen LogP contribution in [0.2, 0.25) is 0 Å². The normalized spacial score (nSPS) is 11.1. The number of ether oxygens (including phenoxy) is 1. The van der Waals surface area contributed by atoms with E-state index in [-0.39, 0.29) is 10.6 Å². The number of hydrogen-bond donors (Lipinski definition) is 1. The van der Waals surface area contributed by atoms with E-state index in [1.165, 1.54) is 24.3 Å². The van der Waals surface area contributed by atoms with Crippen molar-refractivity contribution >= 4 is 27.3 Å². The molecule has 0 aromatic heterocycles. The number of halogens is 1. The minimum atomic E-state index is -4.11. The molecule has 0 unspecified atom stereocenters. The number of sulfonamides is 1. The fourth-order valence-corrected chi connectivity index (χ4v) is 4.55. The Kier molecular flexibility index (Phi) is 7.15. The van der Waals surface area contributed by atoms with Crippen LogP contribution in [0, 0.1) is 19.7 Å². The largest absolute Gasteiger partial charge is 0.494 e. The van der Waals surface area contributed by atoms with Crippen molar-refractivity contribution in [3.8, 4) is 5.75 Å². The summed E-state index contributed by atoms with van der Waals surface area (Å²) in [5, 5.41) is 2.77. The monoisotopic (exact) mass is 456 g/mol. The Balaban J connectivity index is 1.93. The van der Waals surface area contributed by atoms with E-state index >= 15 is 0 Å². The number of anilines is 2. The van der Waals surface area contributed by atoms with E-state index in [0.29, 0.717) is 18.0 Å². The van der Waals surface area contributed by atoms with Gasteiger partial charge in [0.2, 0.25) is 5.91 Å². The van der Waals surface area contributed by atoms with Gasteiger partial charge in [0.25, 0.3) is 10.0 Å². The third-order valence-electron chi connectivity index (χ3n) is 5.00. The number of hydrogen-bond acceptors (Lipinski definition) is 4. The first-order chi connectivity index (χ1) is 15.2. The fraction of sp³-hybridized carbons (Fsp3) is 0.208. The molecule has 0 fully saturated rings. The number of aryl methyl sites for hydroxylation is 1. The van der Waals surface area contributed by atoms with Gasteiger partial charge in [-0.2, -0.15) is 0 Å². The molecule has 0 aliphatic rings. The van der Waals surface area contributed by atoms with Gasteiger partial charge >= 0.3 is 0 Å². The molecule has 0 heterocycles. The molecular weight excluding hydrogens is 431 g/mol. The first-order valence-corrected chi connectivity index (χ1v) is 11.5. The van der Waals surface area contributed by atoms with Gasteiger partial charge in [0.15, 0.2) is 0 Å². The molecule has 168 valence electrons. The molecule has 3 rings (SSSR count). The summed E-state index contributed by atoms with van der Waals surface area (Å²) in [5.41, 5.74) is 2.67. The van der Waals surface area contributed by atoms with Crippen molar-refractivity contribution in [2.75, 3.05) is 22.8 Å². The van der Waals surface area contributed by atoms with E-state index in [0.717, 1.165) is 27.6 Å².